The van der Waals surface area contributed by atoms with Gasteiger partial charge in [-0.25, -0.2) is 8.42 Å². The Labute approximate surface area is 161 Å². The average Bonchev–Trinajstić information content (AvgIpc) is 3.15. The summed E-state index contributed by atoms with van der Waals surface area (Å²) in [7, 11) is -2.22. The first-order valence-electron chi connectivity index (χ1n) is 8.19. The van der Waals surface area contributed by atoms with Crippen LogP contribution in [0.15, 0.2) is 59.5 Å². The van der Waals surface area contributed by atoms with Crippen LogP contribution in [0.5, 0.6) is 0 Å². The normalized spacial score (nSPS) is 11.2. The molecule has 0 radical (unpaired) electrons. The lowest BCUT2D eigenvalue weighted by atomic mass is 10.2. The maximum absolute atomic E-state index is 12.7. The van der Waals surface area contributed by atoms with E-state index in [0.717, 1.165) is 11.4 Å². The van der Waals surface area contributed by atoms with Crippen molar-refractivity contribution in [3.05, 3.63) is 65.2 Å². The van der Waals surface area contributed by atoms with Crippen LogP contribution >= 0.6 is 11.3 Å². The molecule has 0 saturated heterocycles. The van der Waals surface area contributed by atoms with Crippen molar-refractivity contribution in [3.8, 4) is 0 Å². The molecule has 0 atom stereocenters. The molecule has 0 unspecified atom stereocenters. The SMILES string of the molecule is CCc1nnc(NC(=O)c2ccc(S(=O)(=O)N(C)c3ccccc3)cc2)s1. The minimum atomic E-state index is -3.71. The van der Waals surface area contributed by atoms with E-state index in [1.165, 1.54) is 47.0 Å². The Morgan fingerprint density at radius 3 is 2.33 bits per heavy atom. The van der Waals surface area contributed by atoms with Gasteiger partial charge in [-0.3, -0.25) is 14.4 Å². The minimum absolute atomic E-state index is 0.106. The number of benzene rings is 2. The summed E-state index contributed by atoms with van der Waals surface area (Å²) in [5.74, 6) is -0.367. The van der Waals surface area contributed by atoms with E-state index in [1.54, 1.807) is 24.3 Å². The predicted octanol–water partition coefficient (Wildman–Crippen LogP) is 3.18. The zero-order valence-electron chi connectivity index (χ0n) is 14.8. The highest BCUT2D eigenvalue weighted by Crippen LogP contribution is 2.22. The number of amides is 1. The molecule has 27 heavy (non-hydrogen) atoms. The van der Waals surface area contributed by atoms with E-state index in [9.17, 15) is 13.2 Å². The number of para-hydroxylation sites is 1. The van der Waals surface area contributed by atoms with Gasteiger partial charge in [0.1, 0.15) is 5.01 Å². The first kappa shape index (κ1) is 19.0. The van der Waals surface area contributed by atoms with Crippen LogP contribution in [-0.2, 0) is 16.4 Å². The number of sulfonamides is 1. The van der Waals surface area contributed by atoms with Gasteiger partial charge in [0.05, 0.1) is 10.6 Å². The number of hydrogen-bond donors (Lipinski definition) is 1. The lowest BCUT2D eigenvalue weighted by Crippen LogP contribution is -2.26. The summed E-state index contributed by atoms with van der Waals surface area (Å²) < 4.78 is 26.7. The molecule has 1 N–H and O–H groups in total. The van der Waals surface area contributed by atoms with Crippen molar-refractivity contribution in [3.63, 3.8) is 0 Å². The molecule has 0 aliphatic heterocycles. The van der Waals surface area contributed by atoms with Gasteiger partial charge in [-0.05, 0) is 42.8 Å². The summed E-state index contributed by atoms with van der Waals surface area (Å²) in [6, 6.07) is 14.6. The van der Waals surface area contributed by atoms with Crippen LogP contribution in [-0.4, -0.2) is 31.6 Å². The second-order valence-electron chi connectivity index (χ2n) is 5.64. The van der Waals surface area contributed by atoms with E-state index in [-0.39, 0.29) is 10.8 Å². The number of hydrogen-bond acceptors (Lipinski definition) is 6. The number of carbonyl (C=O) groups excluding carboxylic acids is 1. The average molecular weight is 403 g/mol. The lowest BCUT2D eigenvalue weighted by molar-refractivity contribution is 0.102. The number of anilines is 2. The van der Waals surface area contributed by atoms with Gasteiger partial charge in [0, 0.05) is 12.6 Å². The molecule has 0 spiro atoms. The number of aryl methyl sites for hydroxylation is 1. The Morgan fingerprint density at radius 2 is 1.74 bits per heavy atom. The van der Waals surface area contributed by atoms with Gasteiger partial charge in [0.2, 0.25) is 5.13 Å². The summed E-state index contributed by atoms with van der Waals surface area (Å²) in [6.45, 7) is 1.96. The number of nitrogens with one attached hydrogen (secondary N) is 1. The molecule has 1 aromatic heterocycles. The Morgan fingerprint density at radius 1 is 1.07 bits per heavy atom. The van der Waals surface area contributed by atoms with Crippen molar-refractivity contribution in [1.82, 2.24) is 10.2 Å². The van der Waals surface area contributed by atoms with Crippen molar-refractivity contribution in [1.29, 1.82) is 0 Å². The molecular formula is C18H18N4O3S2. The maximum Gasteiger partial charge on any atom is 0.264 e. The summed E-state index contributed by atoms with van der Waals surface area (Å²) in [4.78, 5) is 12.4. The van der Waals surface area contributed by atoms with E-state index in [1.807, 2.05) is 13.0 Å². The molecule has 0 aliphatic carbocycles. The molecule has 7 nitrogen and oxygen atoms in total. The van der Waals surface area contributed by atoms with Gasteiger partial charge < -0.3 is 0 Å². The first-order chi connectivity index (χ1) is 12.9. The Kier molecular flexibility index (Phi) is 5.52. The van der Waals surface area contributed by atoms with Crippen molar-refractivity contribution in [2.24, 2.45) is 0 Å². The number of nitrogens with zero attached hydrogens (tertiary/aromatic N) is 3. The van der Waals surface area contributed by atoms with Gasteiger partial charge in [-0.2, -0.15) is 0 Å². The third-order valence-corrected chi connectivity index (χ3v) is 6.67. The predicted molar refractivity (Wildman–Crippen MR) is 106 cm³/mol. The Bertz CT molecular complexity index is 1030. The van der Waals surface area contributed by atoms with Crippen molar-refractivity contribution in [2.45, 2.75) is 18.2 Å². The van der Waals surface area contributed by atoms with E-state index >= 15 is 0 Å². The van der Waals surface area contributed by atoms with E-state index in [4.69, 9.17) is 0 Å². The van der Waals surface area contributed by atoms with Crippen LogP contribution in [0.4, 0.5) is 10.8 Å². The van der Waals surface area contributed by atoms with Crippen molar-refractivity contribution >= 4 is 38.1 Å². The van der Waals surface area contributed by atoms with Gasteiger partial charge in [-0.1, -0.05) is 36.5 Å². The monoisotopic (exact) mass is 402 g/mol. The van der Waals surface area contributed by atoms with Crippen molar-refractivity contribution < 1.29 is 13.2 Å². The molecule has 3 aromatic rings. The van der Waals surface area contributed by atoms with E-state index in [0.29, 0.717) is 16.4 Å². The second-order valence-corrected chi connectivity index (χ2v) is 8.67. The molecule has 0 fully saturated rings. The summed E-state index contributed by atoms with van der Waals surface area (Å²) in [5, 5.41) is 11.8. The second kappa shape index (κ2) is 7.85. The molecule has 1 amide bonds. The largest absolute Gasteiger partial charge is 0.296 e. The topological polar surface area (TPSA) is 92.3 Å². The molecule has 0 bridgehead atoms. The van der Waals surface area contributed by atoms with Crippen LogP contribution in [0.1, 0.15) is 22.3 Å². The first-order valence-corrected chi connectivity index (χ1v) is 10.4. The van der Waals surface area contributed by atoms with Crippen LogP contribution in [0.2, 0.25) is 0 Å². The highest BCUT2D eigenvalue weighted by atomic mass is 32.2. The quantitative estimate of drug-likeness (QED) is 0.684. The van der Waals surface area contributed by atoms with Gasteiger partial charge in [0.15, 0.2) is 0 Å². The summed E-state index contributed by atoms with van der Waals surface area (Å²) in [5.41, 5.74) is 0.895. The fourth-order valence-corrected chi connectivity index (χ4v) is 4.20. The maximum atomic E-state index is 12.7. The number of rotatable bonds is 6. The Hall–Kier alpha value is -2.78. The van der Waals surface area contributed by atoms with Crippen LogP contribution in [0, 0.1) is 0 Å². The van der Waals surface area contributed by atoms with Crippen LogP contribution < -0.4 is 9.62 Å². The highest BCUT2D eigenvalue weighted by molar-refractivity contribution is 7.92. The smallest absolute Gasteiger partial charge is 0.264 e. The molecule has 9 heteroatoms. The molecule has 0 saturated carbocycles. The lowest BCUT2D eigenvalue weighted by Gasteiger charge is -2.19. The molecule has 140 valence electrons. The zero-order valence-corrected chi connectivity index (χ0v) is 16.4. The van der Waals surface area contributed by atoms with E-state index in [2.05, 4.69) is 15.5 Å². The minimum Gasteiger partial charge on any atom is -0.296 e. The molecule has 1 heterocycles. The fraction of sp³-hybridized carbons (Fsp3) is 0.167. The molecular weight excluding hydrogens is 384 g/mol. The van der Waals surface area contributed by atoms with Gasteiger partial charge in [-0.15, -0.1) is 10.2 Å². The number of carbonyl (C=O) groups is 1. The third kappa shape index (κ3) is 4.15. The summed E-state index contributed by atoms with van der Waals surface area (Å²) >= 11 is 1.31. The number of aromatic nitrogens is 2. The Balaban J connectivity index is 1.77. The van der Waals surface area contributed by atoms with Gasteiger partial charge >= 0.3 is 0 Å². The standard InChI is InChI=1S/C18H18N4O3S2/c1-3-16-20-21-18(26-16)19-17(23)13-9-11-15(12-10-13)27(24,25)22(2)14-7-5-4-6-8-14/h4-12H,3H2,1-2H3,(H,19,21,23). The third-order valence-electron chi connectivity index (χ3n) is 3.88. The van der Waals surface area contributed by atoms with Crippen molar-refractivity contribution in [2.75, 3.05) is 16.7 Å². The molecule has 3 rings (SSSR count). The zero-order chi connectivity index (χ0) is 19.4. The molecule has 2 aromatic carbocycles. The summed E-state index contributed by atoms with van der Waals surface area (Å²) in [6.07, 6.45) is 0.745. The molecule has 0 aliphatic rings. The van der Waals surface area contributed by atoms with Crippen LogP contribution in [0.3, 0.4) is 0 Å². The highest BCUT2D eigenvalue weighted by Gasteiger charge is 2.21. The van der Waals surface area contributed by atoms with Gasteiger partial charge in [0.25, 0.3) is 15.9 Å². The fourth-order valence-electron chi connectivity index (χ4n) is 2.33. The van der Waals surface area contributed by atoms with E-state index < -0.39 is 10.0 Å². The van der Waals surface area contributed by atoms with Crippen LogP contribution in [0.25, 0.3) is 0 Å².